The molecule has 1 unspecified atom stereocenters. The van der Waals surface area contributed by atoms with Crippen molar-refractivity contribution in [3.63, 3.8) is 0 Å². The molecule has 1 aromatic carbocycles. The van der Waals surface area contributed by atoms with Crippen LogP contribution in [0.3, 0.4) is 0 Å². The van der Waals surface area contributed by atoms with Crippen LogP contribution in [-0.4, -0.2) is 6.43 Å². The normalized spacial score (nSPS) is 13.3. The second-order valence-electron chi connectivity index (χ2n) is 3.91. The highest BCUT2D eigenvalue weighted by Gasteiger charge is 2.24. The molecule has 0 N–H and O–H groups in total. The van der Waals surface area contributed by atoms with Gasteiger partial charge in [0.25, 0.3) is 6.43 Å². The fourth-order valence-electron chi connectivity index (χ4n) is 1.79. The van der Waals surface area contributed by atoms with Crippen LogP contribution in [0.25, 0.3) is 0 Å². The molecule has 0 heterocycles. The Kier molecular flexibility index (Phi) is 3.72. The van der Waals surface area contributed by atoms with E-state index in [-0.39, 0.29) is 0 Å². The number of hydrogen-bond donors (Lipinski definition) is 0. The first kappa shape index (κ1) is 12.4. The monoisotopic (exact) mass is 232 g/mol. The first-order chi connectivity index (χ1) is 6.86. The molecular formula is C12H15ClF2. The van der Waals surface area contributed by atoms with Gasteiger partial charge in [-0.3, -0.25) is 0 Å². The predicted octanol–water partition coefficient (Wildman–Crippen LogP) is 4.47. The van der Waals surface area contributed by atoms with Crippen LogP contribution >= 0.6 is 11.6 Å². The van der Waals surface area contributed by atoms with Crippen molar-refractivity contribution in [2.24, 2.45) is 0 Å². The Bertz CT molecular complexity index is 346. The highest BCUT2D eigenvalue weighted by Crippen LogP contribution is 2.34. The minimum Gasteiger partial charge on any atom is -0.208 e. The maximum Gasteiger partial charge on any atom is 0.258 e. The molecule has 0 bridgehead atoms. The Labute approximate surface area is 94.3 Å². The third-order valence-corrected chi connectivity index (χ3v) is 3.33. The van der Waals surface area contributed by atoms with Gasteiger partial charge in [0.15, 0.2) is 0 Å². The van der Waals surface area contributed by atoms with Gasteiger partial charge in [-0.2, -0.15) is 0 Å². The van der Waals surface area contributed by atoms with Crippen molar-refractivity contribution >= 4 is 11.6 Å². The van der Waals surface area contributed by atoms with E-state index in [2.05, 4.69) is 0 Å². The lowest BCUT2D eigenvalue weighted by atomic mass is 9.92. The summed E-state index contributed by atoms with van der Waals surface area (Å²) < 4.78 is 25.2. The van der Waals surface area contributed by atoms with Gasteiger partial charge in [-0.1, -0.05) is 6.07 Å². The van der Waals surface area contributed by atoms with Gasteiger partial charge in [0, 0.05) is 0 Å². The Morgan fingerprint density at radius 3 is 1.73 bits per heavy atom. The molecule has 1 rings (SSSR count). The fraction of sp³-hybridized carbons (Fsp3) is 0.500. The van der Waals surface area contributed by atoms with Gasteiger partial charge in [0.1, 0.15) is 5.38 Å². The van der Waals surface area contributed by atoms with Crippen LogP contribution in [0.1, 0.15) is 33.2 Å². The van der Waals surface area contributed by atoms with Gasteiger partial charge in [-0.25, -0.2) is 8.78 Å². The molecule has 84 valence electrons. The van der Waals surface area contributed by atoms with Crippen LogP contribution in [0.2, 0.25) is 0 Å². The third-order valence-electron chi connectivity index (χ3n) is 2.92. The molecule has 1 aromatic rings. The zero-order chi connectivity index (χ0) is 11.7. The van der Waals surface area contributed by atoms with Crippen molar-refractivity contribution in [3.05, 3.63) is 33.9 Å². The summed E-state index contributed by atoms with van der Waals surface area (Å²) in [6, 6.07) is 2.00. The highest BCUT2D eigenvalue weighted by molar-refractivity contribution is 6.21. The number of alkyl halides is 3. The summed E-state index contributed by atoms with van der Waals surface area (Å²) in [6.07, 6.45) is -2.52. The molecule has 0 fully saturated rings. The van der Waals surface area contributed by atoms with E-state index >= 15 is 0 Å². The number of halogens is 3. The molecule has 0 spiro atoms. The lowest BCUT2D eigenvalue weighted by Gasteiger charge is -2.18. The lowest BCUT2D eigenvalue weighted by molar-refractivity contribution is 0.142. The molecule has 0 amide bonds. The molecule has 0 aliphatic rings. The smallest absolute Gasteiger partial charge is 0.208 e. The Balaban J connectivity index is 3.39. The van der Waals surface area contributed by atoms with Gasteiger partial charge in [-0.05, 0) is 55.5 Å². The van der Waals surface area contributed by atoms with E-state index in [1.807, 2.05) is 33.8 Å². The largest absolute Gasteiger partial charge is 0.258 e. The molecule has 0 aromatic heterocycles. The molecule has 0 nitrogen and oxygen atoms in total. The van der Waals surface area contributed by atoms with E-state index in [9.17, 15) is 8.78 Å². The van der Waals surface area contributed by atoms with Crippen molar-refractivity contribution in [2.75, 3.05) is 0 Å². The maximum atomic E-state index is 12.6. The van der Waals surface area contributed by atoms with E-state index < -0.39 is 11.8 Å². The van der Waals surface area contributed by atoms with Crippen molar-refractivity contribution in [2.45, 2.75) is 39.5 Å². The van der Waals surface area contributed by atoms with Crippen molar-refractivity contribution in [1.29, 1.82) is 0 Å². The molecule has 0 saturated carbocycles. The van der Waals surface area contributed by atoms with Crippen LogP contribution in [-0.2, 0) is 0 Å². The minimum atomic E-state index is -2.52. The molecule has 0 radical (unpaired) electrons. The zero-order valence-corrected chi connectivity index (χ0v) is 10.1. The third kappa shape index (κ3) is 2.31. The Hall–Kier alpha value is -0.630. The lowest BCUT2D eigenvalue weighted by Crippen LogP contribution is -2.08. The van der Waals surface area contributed by atoms with Crippen molar-refractivity contribution < 1.29 is 8.78 Å². The summed E-state index contributed by atoms with van der Waals surface area (Å²) in [5, 5.41) is -1.21. The topological polar surface area (TPSA) is 0 Å². The van der Waals surface area contributed by atoms with E-state index in [1.54, 1.807) is 0 Å². The van der Waals surface area contributed by atoms with Crippen LogP contribution < -0.4 is 0 Å². The average Bonchev–Trinajstić information content (AvgIpc) is 2.15. The number of rotatable bonds is 2. The van der Waals surface area contributed by atoms with Gasteiger partial charge in [0.2, 0.25) is 0 Å². The Morgan fingerprint density at radius 2 is 1.40 bits per heavy atom. The van der Waals surface area contributed by atoms with Crippen LogP contribution in [0, 0.1) is 27.7 Å². The van der Waals surface area contributed by atoms with Crippen LogP contribution in [0.5, 0.6) is 0 Å². The second kappa shape index (κ2) is 4.48. The maximum absolute atomic E-state index is 12.6. The average molecular weight is 233 g/mol. The molecule has 1 atom stereocenters. The van der Waals surface area contributed by atoms with Gasteiger partial charge in [-0.15, -0.1) is 11.6 Å². The summed E-state index contributed by atoms with van der Waals surface area (Å²) >= 11 is 5.75. The summed E-state index contributed by atoms with van der Waals surface area (Å²) in [7, 11) is 0. The van der Waals surface area contributed by atoms with E-state index in [1.165, 1.54) is 0 Å². The van der Waals surface area contributed by atoms with Gasteiger partial charge >= 0.3 is 0 Å². The number of benzene rings is 1. The van der Waals surface area contributed by atoms with E-state index in [4.69, 9.17) is 11.6 Å². The summed E-state index contributed by atoms with van der Waals surface area (Å²) in [5.74, 6) is 0. The SMILES string of the molecule is Cc1cc(C)c(C)c(C(Cl)C(F)F)c1C. The molecule has 3 heteroatoms. The van der Waals surface area contributed by atoms with Crippen LogP contribution in [0.4, 0.5) is 8.78 Å². The fourth-order valence-corrected chi connectivity index (χ4v) is 2.11. The Morgan fingerprint density at radius 1 is 1.00 bits per heavy atom. The first-order valence-electron chi connectivity index (χ1n) is 4.85. The van der Waals surface area contributed by atoms with Crippen LogP contribution in [0.15, 0.2) is 6.07 Å². The molecule has 0 aliphatic heterocycles. The van der Waals surface area contributed by atoms with E-state index in [0.29, 0.717) is 5.56 Å². The predicted molar refractivity (Wildman–Crippen MR) is 60.0 cm³/mol. The molecule has 0 aliphatic carbocycles. The summed E-state index contributed by atoms with van der Waals surface area (Å²) in [5.41, 5.74) is 4.36. The van der Waals surface area contributed by atoms with Crippen molar-refractivity contribution in [1.82, 2.24) is 0 Å². The van der Waals surface area contributed by atoms with Gasteiger partial charge in [0.05, 0.1) is 0 Å². The standard InChI is InChI=1S/C12H15ClF2/c1-6-5-7(2)9(4)10(8(6)3)11(13)12(14)15/h5,11-12H,1-4H3. The van der Waals surface area contributed by atoms with Gasteiger partial charge < -0.3 is 0 Å². The second-order valence-corrected chi connectivity index (χ2v) is 4.38. The zero-order valence-electron chi connectivity index (χ0n) is 9.37. The number of hydrogen-bond acceptors (Lipinski definition) is 0. The summed E-state index contributed by atoms with van der Waals surface area (Å²) in [6.45, 7) is 7.52. The minimum absolute atomic E-state index is 0.587. The van der Waals surface area contributed by atoms with Crippen molar-refractivity contribution in [3.8, 4) is 0 Å². The quantitative estimate of drug-likeness (QED) is 0.661. The van der Waals surface area contributed by atoms with E-state index in [0.717, 1.165) is 22.3 Å². The molecule has 0 saturated heterocycles. The first-order valence-corrected chi connectivity index (χ1v) is 5.29. The molecular weight excluding hydrogens is 218 g/mol. The number of aryl methyl sites for hydroxylation is 2. The molecule has 15 heavy (non-hydrogen) atoms. The summed E-state index contributed by atoms with van der Waals surface area (Å²) in [4.78, 5) is 0. The highest BCUT2D eigenvalue weighted by atomic mass is 35.5.